The molecule has 0 spiro atoms. The quantitative estimate of drug-likeness (QED) is 0.170. The van der Waals surface area contributed by atoms with Crippen LogP contribution >= 0.6 is 11.3 Å². The fraction of sp³-hybridized carbons (Fsp3) is 0.0217. The van der Waals surface area contributed by atoms with Gasteiger partial charge >= 0.3 is 5.84 Å². The Labute approximate surface area is 291 Å². The minimum absolute atomic E-state index is 0.00799. The zero-order chi connectivity index (χ0) is 32.8. The first kappa shape index (κ1) is 27.6. The first-order chi connectivity index (χ1) is 24.8. The van der Waals surface area contributed by atoms with Crippen molar-refractivity contribution in [1.82, 2.24) is 9.24 Å². The predicted octanol–water partition coefficient (Wildman–Crippen LogP) is 11.0. The molecule has 2 aliphatic rings. The molecule has 0 radical (unpaired) electrons. The van der Waals surface area contributed by atoms with Gasteiger partial charge in [-0.1, -0.05) is 97.1 Å². The van der Waals surface area contributed by atoms with Crippen LogP contribution in [0.25, 0.3) is 69.2 Å². The number of aromatic nitrogens is 1. The molecule has 1 atom stereocenters. The number of allylic oxidation sites excluding steroid dienone is 4. The van der Waals surface area contributed by atoms with E-state index >= 15 is 0 Å². The van der Waals surface area contributed by atoms with Gasteiger partial charge in [0, 0.05) is 42.2 Å². The van der Waals surface area contributed by atoms with E-state index in [1.165, 1.54) is 63.5 Å². The van der Waals surface area contributed by atoms with E-state index in [1.807, 2.05) is 11.3 Å². The number of amidine groups is 1. The van der Waals surface area contributed by atoms with Gasteiger partial charge in [0.15, 0.2) is 5.71 Å². The summed E-state index contributed by atoms with van der Waals surface area (Å²) in [7, 11) is 0. The Hall–Kier alpha value is -6.32. The molecule has 1 unspecified atom stereocenters. The van der Waals surface area contributed by atoms with Gasteiger partial charge in [-0.2, -0.15) is 0 Å². The summed E-state index contributed by atoms with van der Waals surface area (Å²) in [6, 6.07) is 50.8. The van der Waals surface area contributed by atoms with Crippen LogP contribution in [0, 0.1) is 5.92 Å². The number of benzene rings is 7. The standard InChI is InChI=1S/C46H28N3S/c1-2-11-31-26-41-38(25-30(31)10-1)44-34-12-4-3-9-28(34)20-24-40(44)49(41)33-21-17-29(18-22-33)45-37-14-5-7-15-39(37)47-46(48-45)32-19-23-36-35-13-6-8-16-42(35)50-43(36)27-32/h1-27,37H/q+1. The van der Waals surface area contributed by atoms with E-state index in [1.54, 1.807) is 0 Å². The van der Waals surface area contributed by atoms with Crippen LogP contribution in [0.2, 0.25) is 0 Å². The molecule has 0 bridgehead atoms. The molecular weight excluding hydrogens is 627 g/mol. The van der Waals surface area contributed by atoms with Crippen molar-refractivity contribution < 1.29 is 0 Å². The highest BCUT2D eigenvalue weighted by molar-refractivity contribution is 7.25. The molecule has 232 valence electrons. The molecule has 9 aromatic rings. The number of hydrogen-bond donors (Lipinski definition) is 0. The summed E-state index contributed by atoms with van der Waals surface area (Å²) >= 11 is 1.82. The van der Waals surface area contributed by atoms with Crippen LogP contribution < -0.4 is 4.67 Å². The molecule has 3 heterocycles. The summed E-state index contributed by atoms with van der Waals surface area (Å²) in [4.78, 5) is 5.10. The highest BCUT2D eigenvalue weighted by Gasteiger charge is 2.34. The third-order valence-electron chi connectivity index (χ3n) is 10.3. The van der Waals surface area contributed by atoms with Crippen LogP contribution in [0.5, 0.6) is 0 Å². The Morgan fingerprint density at radius 2 is 1.30 bits per heavy atom. The molecule has 0 fully saturated rings. The second-order valence-corrected chi connectivity index (χ2v) is 14.3. The fourth-order valence-electron chi connectivity index (χ4n) is 7.97. The van der Waals surface area contributed by atoms with Gasteiger partial charge in [0.05, 0.1) is 16.6 Å². The van der Waals surface area contributed by atoms with E-state index in [9.17, 15) is 0 Å². The van der Waals surface area contributed by atoms with E-state index in [-0.39, 0.29) is 5.92 Å². The third kappa shape index (κ3) is 4.10. The summed E-state index contributed by atoms with van der Waals surface area (Å²) in [6.45, 7) is 0. The van der Waals surface area contributed by atoms with Crippen LogP contribution in [0.3, 0.4) is 0 Å². The van der Waals surface area contributed by atoms with Gasteiger partial charge < -0.3 is 4.57 Å². The second-order valence-electron chi connectivity index (χ2n) is 13.2. The Morgan fingerprint density at radius 1 is 0.560 bits per heavy atom. The van der Waals surface area contributed by atoms with Crippen LogP contribution in [-0.2, 0) is 0 Å². The average molecular weight is 655 g/mol. The van der Waals surface area contributed by atoms with Gasteiger partial charge in [-0.25, -0.2) is 4.67 Å². The summed E-state index contributed by atoms with van der Waals surface area (Å²) < 4.78 is 10.3. The van der Waals surface area contributed by atoms with E-state index in [4.69, 9.17) is 9.66 Å². The van der Waals surface area contributed by atoms with Gasteiger partial charge in [-0.05, 0) is 93.3 Å². The smallest absolute Gasteiger partial charge is 0.309 e. The molecule has 50 heavy (non-hydrogen) atoms. The molecule has 11 rings (SSSR count). The van der Waals surface area contributed by atoms with E-state index in [2.05, 4.69) is 168 Å². The average Bonchev–Trinajstić information content (AvgIpc) is 3.71. The molecule has 7 aromatic carbocycles. The number of fused-ring (bicyclic) bond motifs is 10. The molecule has 1 aliphatic carbocycles. The van der Waals surface area contributed by atoms with Gasteiger partial charge in [-0.3, -0.25) is 0 Å². The van der Waals surface area contributed by atoms with Gasteiger partial charge in [0.2, 0.25) is 5.71 Å². The Bertz CT molecular complexity index is 3070. The maximum absolute atomic E-state index is 5.29. The Morgan fingerprint density at radius 3 is 2.18 bits per heavy atom. The molecule has 0 saturated carbocycles. The number of nitrogens with zero attached hydrogens (tertiary/aromatic N) is 3. The lowest BCUT2D eigenvalue weighted by Crippen LogP contribution is -2.31. The fourth-order valence-corrected chi connectivity index (χ4v) is 9.12. The lowest BCUT2D eigenvalue weighted by Gasteiger charge is -2.14. The molecule has 1 aliphatic heterocycles. The van der Waals surface area contributed by atoms with E-state index < -0.39 is 0 Å². The SMILES string of the molecule is C1=CC2=NC(c3ccc4c(c3)sc3ccccc34)=[N+]=C(c3ccc(-n4c5cc6ccccc6cc5c5c6ccccc6ccc54)cc3)C2C=C1. The molecule has 0 N–H and O–H groups in total. The Balaban J connectivity index is 1.09. The summed E-state index contributed by atoms with van der Waals surface area (Å²) in [5.41, 5.74) is 7.73. The van der Waals surface area contributed by atoms with E-state index in [0.717, 1.165) is 34.1 Å². The van der Waals surface area contributed by atoms with Crippen molar-refractivity contribution in [3.8, 4) is 5.69 Å². The zero-order valence-electron chi connectivity index (χ0n) is 26.9. The van der Waals surface area contributed by atoms with Crippen molar-refractivity contribution >= 4 is 92.1 Å². The number of aliphatic imine (C=N–C) groups is 1. The number of rotatable bonds is 3. The van der Waals surface area contributed by atoms with Crippen molar-refractivity contribution in [2.45, 2.75) is 0 Å². The van der Waals surface area contributed by atoms with Crippen molar-refractivity contribution in [3.05, 3.63) is 175 Å². The van der Waals surface area contributed by atoms with Crippen LogP contribution in [0.4, 0.5) is 0 Å². The minimum atomic E-state index is 0.00799. The highest BCUT2D eigenvalue weighted by atomic mass is 32.1. The van der Waals surface area contributed by atoms with Crippen molar-refractivity contribution in [2.24, 2.45) is 10.9 Å². The normalized spacial score (nSPS) is 15.7. The lowest BCUT2D eigenvalue weighted by atomic mass is 9.88. The maximum Gasteiger partial charge on any atom is 0.422 e. The highest BCUT2D eigenvalue weighted by Crippen LogP contribution is 2.39. The molecule has 2 aromatic heterocycles. The third-order valence-corrected chi connectivity index (χ3v) is 11.5. The molecule has 3 nitrogen and oxygen atoms in total. The summed E-state index contributed by atoms with van der Waals surface area (Å²) in [5.74, 6) is 0.768. The van der Waals surface area contributed by atoms with Crippen LogP contribution in [0.15, 0.2) is 169 Å². The largest absolute Gasteiger partial charge is 0.422 e. The predicted molar refractivity (Wildman–Crippen MR) is 215 cm³/mol. The maximum atomic E-state index is 5.29. The van der Waals surface area contributed by atoms with Crippen molar-refractivity contribution in [2.75, 3.05) is 0 Å². The van der Waals surface area contributed by atoms with Gasteiger partial charge in [0.25, 0.3) is 0 Å². The summed E-state index contributed by atoms with van der Waals surface area (Å²) in [5, 5.41) is 10.2. The zero-order valence-corrected chi connectivity index (χ0v) is 27.7. The molecular formula is C46H28N3S+. The molecule has 4 heteroatoms. The van der Waals surface area contributed by atoms with Crippen LogP contribution in [-0.4, -0.2) is 21.8 Å². The first-order valence-corrected chi connectivity index (χ1v) is 17.8. The second kappa shape index (κ2) is 10.6. The Kier molecular flexibility index (Phi) is 5.85. The van der Waals surface area contributed by atoms with Gasteiger partial charge in [0.1, 0.15) is 5.92 Å². The van der Waals surface area contributed by atoms with Gasteiger partial charge in [-0.15, -0.1) is 11.3 Å². The number of thiophene rings is 1. The topological polar surface area (TPSA) is 31.4 Å². The van der Waals surface area contributed by atoms with E-state index in [0.29, 0.717) is 0 Å². The number of hydrogen-bond acceptors (Lipinski definition) is 2. The molecule has 0 amide bonds. The molecule has 0 saturated heterocycles. The first-order valence-electron chi connectivity index (χ1n) is 17.0. The minimum Gasteiger partial charge on any atom is -0.309 e. The summed E-state index contributed by atoms with van der Waals surface area (Å²) in [6.07, 6.45) is 8.51. The lowest BCUT2D eigenvalue weighted by molar-refractivity contribution is 1.15. The monoisotopic (exact) mass is 654 g/mol. The van der Waals surface area contributed by atoms with Crippen molar-refractivity contribution in [1.29, 1.82) is 0 Å². The van der Waals surface area contributed by atoms with Crippen LogP contribution in [0.1, 0.15) is 11.1 Å². The van der Waals surface area contributed by atoms with Crippen molar-refractivity contribution in [3.63, 3.8) is 0 Å².